The second-order valence-corrected chi connectivity index (χ2v) is 5.42. The van der Waals surface area contributed by atoms with Gasteiger partial charge in [0.2, 0.25) is 5.91 Å². The smallest absolute Gasteiger partial charge is 0.239 e. The SMILES string of the molecule is CCCNC(=O)C1COCCN1Cc1nc(N)ccc1Cl. The number of nitrogens with one attached hydrogen (secondary N) is 1. The first kappa shape index (κ1) is 16.0. The lowest BCUT2D eigenvalue weighted by molar-refractivity contribution is -0.133. The molecule has 0 saturated carbocycles. The van der Waals surface area contributed by atoms with E-state index in [4.69, 9.17) is 22.1 Å². The highest BCUT2D eigenvalue weighted by Gasteiger charge is 2.29. The average Bonchev–Trinajstić information content (AvgIpc) is 2.49. The molecular formula is C14H21ClN4O2. The Bertz CT molecular complexity index is 498. The van der Waals surface area contributed by atoms with Crippen molar-refractivity contribution in [1.82, 2.24) is 15.2 Å². The molecule has 1 aromatic rings. The van der Waals surface area contributed by atoms with Gasteiger partial charge in [0, 0.05) is 19.6 Å². The fourth-order valence-electron chi connectivity index (χ4n) is 2.24. The van der Waals surface area contributed by atoms with E-state index in [0.717, 1.165) is 6.42 Å². The van der Waals surface area contributed by atoms with E-state index in [0.29, 0.717) is 49.4 Å². The van der Waals surface area contributed by atoms with Crippen molar-refractivity contribution in [3.05, 3.63) is 22.8 Å². The number of hydrogen-bond donors (Lipinski definition) is 2. The highest BCUT2D eigenvalue weighted by molar-refractivity contribution is 6.31. The third-order valence-corrected chi connectivity index (χ3v) is 3.73. The maximum Gasteiger partial charge on any atom is 0.239 e. The van der Waals surface area contributed by atoms with Crippen molar-refractivity contribution in [2.24, 2.45) is 0 Å². The van der Waals surface area contributed by atoms with Crippen LogP contribution in [0.15, 0.2) is 12.1 Å². The minimum atomic E-state index is -0.315. The van der Waals surface area contributed by atoms with Crippen LogP contribution >= 0.6 is 11.6 Å². The molecule has 1 saturated heterocycles. The van der Waals surface area contributed by atoms with Crippen molar-refractivity contribution in [3.8, 4) is 0 Å². The second kappa shape index (κ2) is 7.59. The maximum absolute atomic E-state index is 12.2. The summed E-state index contributed by atoms with van der Waals surface area (Å²) < 4.78 is 5.42. The van der Waals surface area contributed by atoms with E-state index in [1.807, 2.05) is 11.8 Å². The Morgan fingerprint density at radius 1 is 1.62 bits per heavy atom. The molecule has 0 aliphatic carbocycles. The lowest BCUT2D eigenvalue weighted by atomic mass is 10.2. The molecule has 7 heteroatoms. The van der Waals surface area contributed by atoms with Crippen LogP contribution in [-0.2, 0) is 16.1 Å². The number of hydrogen-bond acceptors (Lipinski definition) is 5. The Balaban J connectivity index is 2.08. The van der Waals surface area contributed by atoms with Crippen molar-refractivity contribution in [3.63, 3.8) is 0 Å². The summed E-state index contributed by atoms with van der Waals surface area (Å²) in [4.78, 5) is 18.5. The van der Waals surface area contributed by atoms with Gasteiger partial charge in [-0.15, -0.1) is 0 Å². The fraction of sp³-hybridized carbons (Fsp3) is 0.571. The Labute approximate surface area is 129 Å². The summed E-state index contributed by atoms with van der Waals surface area (Å²) in [6, 6.07) is 3.08. The number of halogens is 1. The van der Waals surface area contributed by atoms with E-state index in [1.54, 1.807) is 12.1 Å². The first-order valence-corrected chi connectivity index (χ1v) is 7.50. The number of pyridine rings is 1. The van der Waals surface area contributed by atoms with E-state index in [1.165, 1.54) is 0 Å². The molecule has 1 atom stereocenters. The van der Waals surface area contributed by atoms with E-state index in [-0.39, 0.29) is 11.9 Å². The maximum atomic E-state index is 12.2. The van der Waals surface area contributed by atoms with Gasteiger partial charge in [0.15, 0.2) is 0 Å². The third-order valence-electron chi connectivity index (χ3n) is 3.38. The monoisotopic (exact) mass is 312 g/mol. The van der Waals surface area contributed by atoms with Crippen molar-refractivity contribution in [2.75, 3.05) is 32.0 Å². The molecule has 6 nitrogen and oxygen atoms in total. The van der Waals surface area contributed by atoms with Crippen molar-refractivity contribution in [2.45, 2.75) is 25.9 Å². The highest BCUT2D eigenvalue weighted by Crippen LogP contribution is 2.19. The number of carbonyl (C=O) groups excluding carboxylic acids is 1. The number of ether oxygens (including phenoxy) is 1. The van der Waals surface area contributed by atoms with Crippen LogP contribution in [0.5, 0.6) is 0 Å². The molecule has 1 amide bonds. The normalized spacial score (nSPS) is 19.4. The van der Waals surface area contributed by atoms with Crippen LogP contribution in [0.2, 0.25) is 5.02 Å². The molecule has 0 radical (unpaired) electrons. The Morgan fingerprint density at radius 3 is 3.19 bits per heavy atom. The lowest BCUT2D eigenvalue weighted by Gasteiger charge is -2.34. The molecule has 0 aromatic carbocycles. The third kappa shape index (κ3) is 4.30. The van der Waals surface area contributed by atoms with Crippen LogP contribution in [-0.4, -0.2) is 48.1 Å². The van der Waals surface area contributed by atoms with Gasteiger partial charge in [-0.2, -0.15) is 0 Å². The first-order chi connectivity index (χ1) is 10.1. The second-order valence-electron chi connectivity index (χ2n) is 5.02. The zero-order valence-electron chi connectivity index (χ0n) is 12.1. The number of nitrogen functional groups attached to an aromatic ring is 1. The van der Waals surface area contributed by atoms with Crippen LogP contribution in [0.1, 0.15) is 19.0 Å². The van der Waals surface area contributed by atoms with Gasteiger partial charge in [0.05, 0.1) is 23.9 Å². The van der Waals surface area contributed by atoms with Gasteiger partial charge in [0.1, 0.15) is 11.9 Å². The number of nitrogens with zero attached hydrogens (tertiary/aromatic N) is 2. The topological polar surface area (TPSA) is 80.5 Å². The van der Waals surface area contributed by atoms with Gasteiger partial charge in [-0.05, 0) is 18.6 Å². The molecule has 2 rings (SSSR count). The predicted molar refractivity (Wildman–Crippen MR) is 82.0 cm³/mol. The Hall–Kier alpha value is -1.37. The molecule has 21 heavy (non-hydrogen) atoms. The zero-order valence-corrected chi connectivity index (χ0v) is 12.9. The summed E-state index contributed by atoms with van der Waals surface area (Å²) in [6.07, 6.45) is 0.905. The summed E-state index contributed by atoms with van der Waals surface area (Å²) in [6.45, 7) is 4.81. The first-order valence-electron chi connectivity index (χ1n) is 7.12. The Kier molecular flexibility index (Phi) is 5.78. The lowest BCUT2D eigenvalue weighted by Crippen LogP contribution is -2.53. The molecule has 3 N–H and O–H groups in total. The average molecular weight is 313 g/mol. The summed E-state index contributed by atoms with van der Waals surface area (Å²) in [5.41, 5.74) is 6.39. The van der Waals surface area contributed by atoms with Gasteiger partial charge >= 0.3 is 0 Å². The summed E-state index contributed by atoms with van der Waals surface area (Å²) in [5, 5.41) is 3.46. The quantitative estimate of drug-likeness (QED) is 0.849. The van der Waals surface area contributed by atoms with Crippen molar-refractivity contribution >= 4 is 23.3 Å². The van der Waals surface area contributed by atoms with Gasteiger partial charge in [-0.3, -0.25) is 9.69 Å². The van der Waals surface area contributed by atoms with Crippen LogP contribution in [0.3, 0.4) is 0 Å². The number of anilines is 1. The molecular weight excluding hydrogens is 292 g/mol. The van der Waals surface area contributed by atoms with Gasteiger partial charge in [-0.25, -0.2) is 4.98 Å². The van der Waals surface area contributed by atoms with Crippen molar-refractivity contribution in [1.29, 1.82) is 0 Å². The molecule has 1 aliphatic rings. The summed E-state index contributed by atoms with van der Waals surface area (Å²) in [7, 11) is 0. The van der Waals surface area contributed by atoms with Crippen LogP contribution in [0.4, 0.5) is 5.82 Å². The minimum absolute atomic E-state index is 0.0171. The van der Waals surface area contributed by atoms with Crippen LogP contribution < -0.4 is 11.1 Å². The summed E-state index contributed by atoms with van der Waals surface area (Å²) >= 11 is 6.15. The minimum Gasteiger partial charge on any atom is -0.384 e. The van der Waals surface area contributed by atoms with Gasteiger partial charge in [-0.1, -0.05) is 18.5 Å². The molecule has 2 heterocycles. The number of carbonyl (C=O) groups is 1. The number of rotatable bonds is 5. The summed E-state index contributed by atoms with van der Waals surface area (Å²) in [5.74, 6) is 0.409. The zero-order chi connectivity index (χ0) is 15.2. The van der Waals surface area contributed by atoms with Gasteiger partial charge < -0.3 is 15.8 Å². The molecule has 0 spiro atoms. The molecule has 1 fully saturated rings. The number of aromatic nitrogens is 1. The van der Waals surface area contributed by atoms with E-state index >= 15 is 0 Å². The van der Waals surface area contributed by atoms with E-state index in [9.17, 15) is 4.79 Å². The number of morpholine rings is 1. The Morgan fingerprint density at radius 2 is 2.43 bits per heavy atom. The van der Waals surface area contributed by atoms with E-state index < -0.39 is 0 Å². The number of amides is 1. The fourth-order valence-corrected chi connectivity index (χ4v) is 2.40. The standard InChI is InChI=1S/C14H21ClN4O2/c1-2-5-17-14(20)12-9-21-7-6-19(12)8-11-10(15)3-4-13(16)18-11/h3-4,12H,2,5-9H2,1H3,(H2,16,18)(H,17,20). The molecule has 1 aliphatic heterocycles. The number of nitrogens with two attached hydrogens (primary N) is 1. The van der Waals surface area contributed by atoms with E-state index in [2.05, 4.69) is 10.3 Å². The van der Waals surface area contributed by atoms with Crippen molar-refractivity contribution < 1.29 is 9.53 Å². The van der Waals surface area contributed by atoms with Gasteiger partial charge in [0.25, 0.3) is 0 Å². The molecule has 0 bridgehead atoms. The van der Waals surface area contributed by atoms with Crippen LogP contribution in [0, 0.1) is 0 Å². The van der Waals surface area contributed by atoms with Crippen LogP contribution in [0.25, 0.3) is 0 Å². The highest BCUT2D eigenvalue weighted by atomic mass is 35.5. The molecule has 1 aromatic heterocycles. The largest absolute Gasteiger partial charge is 0.384 e. The molecule has 116 valence electrons. The molecule has 1 unspecified atom stereocenters. The predicted octanol–water partition coefficient (Wildman–Crippen LogP) is 1.04.